The molecule has 0 aliphatic heterocycles. The second-order valence-electron chi connectivity index (χ2n) is 5.91. The number of nitrogens with two attached hydrogens (primary N) is 2. The summed E-state index contributed by atoms with van der Waals surface area (Å²) < 4.78 is 22.8. The van der Waals surface area contributed by atoms with Gasteiger partial charge in [-0.2, -0.15) is 0 Å². The molecule has 6 heteroatoms. The number of primary sulfonamides is 1. The van der Waals surface area contributed by atoms with Crippen LogP contribution in [0.15, 0.2) is 23.1 Å². The van der Waals surface area contributed by atoms with E-state index in [9.17, 15) is 8.42 Å². The number of nitrogen functional groups attached to an aromatic ring is 1. The Hall–Kier alpha value is -1.27. The maximum absolute atomic E-state index is 11.4. The Balaban J connectivity index is 2.29. The molecule has 0 heterocycles. The second-order valence-corrected chi connectivity index (χ2v) is 7.47. The molecule has 2 rings (SSSR count). The zero-order valence-electron chi connectivity index (χ0n) is 11.3. The zero-order valence-corrected chi connectivity index (χ0v) is 12.1. The van der Waals surface area contributed by atoms with E-state index in [1.54, 1.807) is 12.1 Å². The Morgan fingerprint density at radius 3 is 2.53 bits per heavy atom. The van der Waals surface area contributed by atoms with E-state index in [0.29, 0.717) is 17.4 Å². The van der Waals surface area contributed by atoms with Crippen molar-refractivity contribution in [3.05, 3.63) is 18.2 Å². The van der Waals surface area contributed by atoms with Gasteiger partial charge >= 0.3 is 0 Å². The summed E-state index contributed by atoms with van der Waals surface area (Å²) in [6.45, 7) is 4.43. The van der Waals surface area contributed by atoms with Crippen LogP contribution in [0.5, 0.6) is 0 Å². The standard InChI is InChI=1S/C13H21N3O2S/c1-13(2)5-3-4-12(13)16-10-6-9(14)7-11(8-10)19(15,17)18/h6-8,12,16H,3-5,14H2,1-2H3,(H2,15,17,18). The van der Waals surface area contributed by atoms with Crippen molar-refractivity contribution in [3.63, 3.8) is 0 Å². The molecule has 0 aromatic heterocycles. The van der Waals surface area contributed by atoms with Crippen LogP contribution < -0.4 is 16.2 Å². The zero-order chi connectivity index (χ0) is 14.3. The maximum atomic E-state index is 11.4. The van der Waals surface area contributed by atoms with E-state index in [2.05, 4.69) is 19.2 Å². The highest BCUT2D eigenvalue weighted by Crippen LogP contribution is 2.39. The highest BCUT2D eigenvalue weighted by atomic mass is 32.2. The molecule has 1 aromatic carbocycles. The van der Waals surface area contributed by atoms with Crippen LogP contribution in [0.2, 0.25) is 0 Å². The summed E-state index contributed by atoms with van der Waals surface area (Å²) >= 11 is 0. The molecule has 0 saturated heterocycles. The monoisotopic (exact) mass is 283 g/mol. The Morgan fingerprint density at radius 1 is 1.32 bits per heavy atom. The average molecular weight is 283 g/mol. The number of sulfonamides is 1. The molecule has 1 aromatic rings. The summed E-state index contributed by atoms with van der Waals surface area (Å²) in [5.41, 5.74) is 7.04. The van der Waals surface area contributed by atoms with Gasteiger partial charge in [-0.05, 0) is 36.5 Å². The van der Waals surface area contributed by atoms with Crippen molar-refractivity contribution >= 4 is 21.4 Å². The molecule has 1 aliphatic rings. The molecule has 1 atom stereocenters. The van der Waals surface area contributed by atoms with E-state index >= 15 is 0 Å². The first-order valence-corrected chi connectivity index (χ1v) is 7.93. The summed E-state index contributed by atoms with van der Waals surface area (Å²) in [5, 5.41) is 8.53. The van der Waals surface area contributed by atoms with Crippen LogP contribution >= 0.6 is 0 Å². The van der Waals surface area contributed by atoms with E-state index in [4.69, 9.17) is 10.9 Å². The van der Waals surface area contributed by atoms with Gasteiger partial charge in [0.1, 0.15) is 0 Å². The molecule has 5 N–H and O–H groups in total. The van der Waals surface area contributed by atoms with Crippen LogP contribution in [0.3, 0.4) is 0 Å². The van der Waals surface area contributed by atoms with Gasteiger partial charge in [-0.15, -0.1) is 0 Å². The van der Waals surface area contributed by atoms with Crippen molar-refractivity contribution in [1.82, 2.24) is 0 Å². The van der Waals surface area contributed by atoms with Gasteiger partial charge < -0.3 is 11.1 Å². The minimum atomic E-state index is -3.73. The van der Waals surface area contributed by atoms with E-state index in [1.807, 2.05) is 0 Å². The number of rotatable bonds is 3. The minimum absolute atomic E-state index is 0.0470. The van der Waals surface area contributed by atoms with Crippen LogP contribution in [0.4, 0.5) is 11.4 Å². The van der Waals surface area contributed by atoms with Gasteiger partial charge in [0.2, 0.25) is 10.0 Å². The number of nitrogens with one attached hydrogen (secondary N) is 1. The summed E-state index contributed by atoms with van der Waals surface area (Å²) in [6.07, 6.45) is 3.41. The fourth-order valence-corrected chi connectivity index (χ4v) is 3.26. The predicted molar refractivity (Wildman–Crippen MR) is 77.3 cm³/mol. The number of benzene rings is 1. The molecule has 0 radical (unpaired) electrons. The highest BCUT2D eigenvalue weighted by Gasteiger charge is 2.34. The van der Waals surface area contributed by atoms with Crippen LogP contribution in [0, 0.1) is 5.41 Å². The SMILES string of the molecule is CC1(C)CCCC1Nc1cc(N)cc(S(N)(=O)=O)c1. The largest absolute Gasteiger partial charge is 0.399 e. The number of hydrogen-bond donors (Lipinski definition) is 3. The van der Waals surface area contributed by atoms with Crippen molar-refractivity contribution in [2.24, 2.45) is 10.6 Å². The molecule has 1 fully saturated rings. The molecular formula is C13H21N3O2S. The van der Waals surface area contributed by atoms with Crippen molar-refractivity contribution < 1.29 is 8.42 Å². The Bertz CT molecular complexity index is 582. The van der Waals surface area contributed by atoms with Crippen LogP contribution in [-0.4, -0.2) is 14.5 Å². The molecule has 5 nitrogen and oxygen atoms in total. The quantitative estimate of drug-likeness (QED) is 0.738. The van der Waals surface area contributed by atoms with Crippen molar-refractivity contribution in [1.29, 1.82) is 0 Å². The fourth-order valence-electron chi connectivity index (χ4n) is 2.67. The lowest BCUT2D eigenvalue weighted by molar-refractivity contribution is 0.350. The number of hydrogen-bond acceptors (Lipinski definition) is 4. The lowest BCUT2D eigenvalue weighted by Gasteiger charge is -2.29. The van der Waals surface area contributed by atoms with Crippen molar-refractivity contribution in [2.75, 3.05) is 11.1 Å². The molecule has 19 heavy (non-hydrogen) atoms. The van der Waals surface area contributed by atoms with Gasteiger partial charge in [-0.25, -0.2) is 13.6 Å². The predicted octanol–water partition coefficient (Wildman–Crippen LogP) is 1.91. The van der Waals surface area contributed by atoms with Gasteiger partial charge in [-0.3, -0.25) is 0 Å². The summed E-state index contributed by atoms with van der Waals surface area (Å²) in [6, 6.07) is 4.98. The van der Waals surface area contributed by atoms with Gasteiger partial charge in [0.15, 0.2) is 0 Å². The fraction of sp³-hybridized carbons (Fsp3) is 0.538. The van der Waals surface area contributed by atoms with Gasteiger partial charge in [0.05, 0.1) is 4.90 Å². The summed E-state index contributed by atoms with van der Waals surface area (Å²) in [5.74, 6) is 0. The molecule has 0 amide bonds. The summed E-state index contributed by atoms with van der Waals surface area (Å²) in [4.78, 5) is 0.0470. The minimum Gasteiger partial charge on any atom is -0.399 e. The Morgan fingerprint density at radius 2 is 2.00 bits per heavy atom. The van der Waals surface area contributed by atoms with E-state index in [0.717, 1.165) is 12.8 Å². The van der Waals surface area contributed by atoms with Gasteiger partial charge in [-0.1, -0.05) is 20.3 Å². The Kier molecular flexibility index (Phi) is 3.49. The highest BCUT2D eigenvalue weighted by molar-refractivity contribution is 7.89. The van der Waals surface area contributed by atoms with Gasteiger partial charge in [0, 0.05) is 17.4 Å². The topological polar surface area (TPSA) is 98.2 Å². The van der Waals surface area contributed by atoms with Gasteiger partial charge in [0.25, 0.3) is 0 Å². The molecule has 1 unspecified atom stereocenters. The molecule has 0 bridgehead atoms. The third-order valence-electron chi connectivity index (χ3n) is 3.86. The molecule has 0 spiro atoms. The maximum Gasteiger partial charge on any atom is 0.238 e. The first kappa shape index (κ1) is 14.1. The van der Waals surface area contributed by atoms with E-state index in [-0.39, 0.29) is 10.3 Å². The number of anilines is 2. The second kappa shape index (κ2) is 4.68. The first-order chi connectivity index (χ1) is 8.68. The van der Waals surface area contributed by atoms with Crippen LogP contribution in [0.25, 0.3) is 0 Å². The lowest BCUT2D eigenvalue weighted by atomic mass is 9.87. The smallest absolute Gasteiger partial charge is 0.238 e. The van der Waals surface area contributed by atoms with Crippen molar-refractivity contribution in [3.8, 4) is 0 Å². The third kappa shape index (κ3) is 3.19. The summed E-state index contributed by atoms with van der Waals surface area (Å²) in [7, 11) is -3.73. The van der Waals surface area contributed by atoms with Crippen molar-refractivity contribution in [2.45, 2.75) is 44.0 Å². The Labute approximate surface area is 114 Å². The van der Waals surface area contributed by atoms with E-state index < -0.39 is 10.0 Å². The molecular weight excluding hydrogens is 262 g/mol. The average Bonchev–Trinajstić information content (AvgIpc) is 2.56. The molecule has 1 aliphatic carbocycles. The molecule has 106 valence electrons. The first-order valence-electron chi connectivity index (χ1n) is 6.38. The van der Waals surface area contributed by atoms with Crippen LogP contribution in [0.1, 0.15) is 33.1 Å². The third-order valence-corrected chi connectivity index (χ3v) is 4.75. The van der Waals surface area contributed by atoms with Crippen LogP contribution in [-0.2, 0) is 10.0 Å². The van der Waals surface area contributed by atoms with E-state index in [1.165, 1.54) is 12.5 Å². The normalized spacial score (nSPS) is 22.4. The molecule has 1 saturated carbocycles. The lowest BCUT2D eigenvalue weighted by Crippen LogP contribution is -2.30.